The van der Waals surface area contributed by atoms with Crippen LogP contribution in [0, 0.1) is 0 Å². The first-order valence-electron chi connectivity index (χ1n) is 14.3. The summed E-state index contributed by atoms with van der Waals surface area (Å²) in [6.45, 7) is -2.22. The molecule has 29 nitrogen and oxygen atoms in total. The van der Waals surface area contributed by atoms with E-state index in [2.05, 4.69) is 51.9 Å². The van der Waals surface area contributed by atoms with Crippen molar-refractivity contribution >= 4 is 65.3 Å². The van der Waals surface area contributed by atoms with Crippen LogP contribution in [0.1, 0.15) is 12.5 Å². The number of nitrogen functional groups attached to an aromatic ring is 2. The highest BCUT2D eigenvalue weighted by Crippen LogP contribution is 2.71. The predicted molar refractivity (Wildman–Crippen MR) is 166 cm³/mol. The summed E-state index contributed by atoms with van der Waals surface area (Å²) in [5.74, 6) is -0.0284. The van der Waals surface area contributed by atoms with Crippen molar-refractivity contribution in [3.8, 4) is 0 Å². The molecule has 2 fully saturated rings. The second kappa shape index (κ2) is 14.6. The number of nitrogens with zero attached hydrogens (tertiary/aromatic N) is 8. The number of nitrogens with two attached hydrogens (primary N) is 2. The lowest BCUT2D eigenvalue weighted by atomic mass is 10.1. The SMILES string of the molecule is Nc1ncnc2c1ncn2[C@H]1O[C@H](COP(=O)(O)OP(=O)(O)OP(=O)(O)OP(=O)(O)OC[C@H]2O[C@H](n3cnc4c(N)ncnc43)[C@H](O)[C@@H]2O)[C@@H](O)[C@H]1O. The van der Waals surface area contributed by atoms with E-state index in [4.69, 9.17) is 20.9 Å². The van der Waals surface area contributed by atoms with Crippen LogP contribution in [0.3, 0.4) is 0 Å². The lowest BCUT2D eigenvalue weighted by Gasteiger charge is -2.21. The van der Waals surface area contributed by atoms with Gasteiger partial charge in [0.15, 0.2) is 35.4 Å². The minimum Gasteiger partial charge on any atom is -0.387 e. The molecule has 12 atom stereocenters. The molecule has 2 saturated heterocycles. The van der Waals surface area contributed by atoms with Gasteiger partial charge in [-0.15, -0.1) is 0 Å². The van der Waals surface area contributed by atoms with Crippen molar-refractivity contribution < 1.29 is 89.7 Å². The summed E-state index contributed by atoms with van der Waals surface area (Å²) in [4.78, 5) is 63.0. The maximum Gasteiger partial charge on any atom is 0.490 e. The first-order chi connectivity index (χ1) is 24.7. The molecule has 0 spiro atoms. The molecule has 0 aromatic carbocycles. The van der Waals surface area contributed by atoms with E-state index in [9.17, 15) is 58.3 Å². The van der Waals surface area contributed by atoms with Crippen molar-refractivity contribution in [2.45, 2.75) is 49.1 Å². The molecule has 2 aliphatic heterocycles. The molecule has 0 bridgehead atoms. The van der Waals surface area contributed by atoms with Crippen LogP contribution in [-0.4, -0.2) is 129 Å². The number of hydrogen-bond donors (Lipinski definition) is 10. The second-order valence-corrected chi connectivity index (χ2v) is 17.2. The van der Waals surface area contributed by atoms with Gasteiger partial charge in [0.1, 0.15) is 60.3 Å². The summed E-state index contributed by atoms with van der Waals surface area (Å²) in [5.41, 5.74) is 11.9. The van der Waals surface area contributed by atoms with Gasteiger partial charge >= 0.3 is 31.3 Å². The molecule has 12 N–H and O–H groups in total. The monoisotopic (exact) mass is 836 g/mol. The Balaban J connectivity index is 1.01. The molecule has 6 heterocycles. The zero-order valence-corrected chi connectivity index (χ0v) is 29.5. The molecular weight excluding hydrogens is 808 g/mol. The van der Waals surface area contributed by atoms with E-state index in [-0.39, 0.29) is 34.0 Å². The molecular formula is C20H28N10O19P4. The fourth-order valence-corrected chi connectivity index (χ4v) is 10.1. The first-order valence-corrected chi connectivity index (χ1v) is 20.3. The largest absolute Gasteiger partial charge is 0.490 e. The average Bonchev–Trinajstić information content (AvgIpc) is 3.80. The number of rotatable bonds is 14. The van der Waals surface area contributed by atoms with Crippen LogP contribution < -0.4 is 11.5 Å². The van der Waals surface area contributed by atoms with Gasteiger partial charge in [0.2, 0.25) is 0 Å². The van der Waals surface area contributed by atoms with Crippen LogP contribution in [0.2, 0.25) is 0 Å². The third kappa shape index (κ3) is 8.48. The van der Waals surface area contributed by atoms with Crippen LogP contribution in [0.4, 0.5) is 11.6 Å². The van der Waals surface area contributed by atoms with Crippen molar-refractivity contribution in [3.05, 3.63) is 25.3 Å². The Morgan fingerprint density at radius 3 is 1.32 bits per heavy atom. The maximum absolute atomic E-state index is 12.4. The van der Waals surface area contributed by atoms with Crippen LogP contribution in [0.5, 0.6) is 0 Å². The number of hydrogen-bond acceptors (Lipinski definition) is 23. The Labute approximate surface area is 293 Å². The molecule has 6 rings (SSSR count). The number of aromatic nitrogens is 8. The van der Waals surface area contributed by atoms with Gasteiger partial charge in [-0.05, 0) is 0 Å². The number of ether oxygens (including phenoxy) is 2. The fraction of sp³-hybridized carbons (Fsp3) is 0.500. The molecule has 0 amide bonds. The van der Waals surface area contributed by atoms with Crippen molar-refractivity contribution in [3.63, 3.8) is 0 Å². The second-order valence-electron chi connectivity index (χ2n) is 11.0. The minimum atomic E-state index is -6.19. The Hall–Kier alpha value is -2.98. The van der Waals surface area contributed by atoms with Gasteiger partial charge < -0.3 is 60.9 Å². The number of phosphoric acid groups is 4. The highest BCUT2D eigenvalue weighted by molar-refractivity contribution is 7.69. The standard InChI is InChI=1S/C20H28N10O19P4/c21-15-9-17(25-3-23-15)29(5-27-9)19-13(33)11(31)7(45-19)1-43-50(35,36)47-52(39,40)49-53(41,42)48-51(37,38)44-2-8-12(32)14(34)20(46-8)30-6-28-10-16(22)24-4-26-18(10)30/h3-8,11-14,19-20,31-34H,1-2H2,(H,35,36)(H,37,38)(H,39,40)(H,41,42)(H2,21,23,25)(H2,22,24,26)/t7-,8-,11-,12-,13-,14-,19+,20+/m1/s1. The number of fused-ring (bicyclic) bond motifs is 2. The lowest BCUT2D eigenvalue weighted by molar-refractivity contribution is -0.0505. The van der Waals surface area contributed by atoms with Gasteiger partial charge in [-0.25, -0.2) is 48.2 Å². The molecule has 33 heteroatoms. The van der Waals surface area contributed by atoms with E-state index < -0.39 is 93.6 Å². The molecule has 4 aromatic rings. The molecule has 0 aliphatic carbocycles. The zero-order chi connectivity index (χ0) is 38.7. The molecule has 0 radical (unpaired) electrons. The molecule has 0 saturated carbocycles. The molecule has 53 heavy (non-hydrogen) atoms. The van der Waals surface area contributed by atoms with Crippen LogP contribution in [0.25, 0.3) is 22.3 Å². The van der Waals surface area contributed by atoms with Crippen molar-refractivity contribution in [1.29, 1.82) is 0 Å². The minimum absolute atomic E-state index is 0.0142. The van der Waals surface area contributed by atoms with Gasteiger partial charge in [0.05, 0.1) is 25.9 Å². The molecule has 4 aromatic heterocycles. The summed E-state index contributed by atoms with van der Waals surface area (Å²) in [6, 6.07) is 0. The van der Waals surface area contributed by atoms with Gasteiger partial charge in [-0.1, -0.05) is 0 Å². The third-order valence-corrected chi connectivity index (χ3v) is 13.3. The predicted octanol–water partition coefficient (Wildman–Crippen LogP) is -2.45. The van der Waals surface area contributed by atoms with Crippen molar-refractivity contribution in [2.24, 2.45) is 0 Å². The van der Waals surface area contributed by atoms with Crippen LogP contribution in [0.15, 0.2) is 25.3 Å². The summed E-state index contributed by atoms with van der Waals surface area (Å²) in [5, 5.41) is 41.8. The maximum atomic E-state index is 12.4. The first kappa shape index (κ1) is 39.7. The van der Waals surface area contributed by atoms with Crippen LogP contribution >= 0.6 is 31.3 Å². The normalized spacial score (nSPS) is 30.9. The third-order valence-electron chi connectivity index (χ3n) is 7.42. The molecule has 292 valence electrons. The quantitative estimate of drug-likeness (QED) is 0.0589. The van der Waals surface area contributed by atoms with Gasteiger partial charge in [0, 0.05) is 0 Å². The smallest absolute Gasteiger partial charge is 0.387 e. The Bertz CT molecular complexity index is 2040. The number of phosphoric ester groups is 2. The van der Waals surface area contributed by atoms with E-state index >= 15 is 0 Å². The summed E-state index contributed by atoms with van der Waals surface area (Å²) in [6.07, 6.45) is -8.58. The Morgan fingerprint density at radius 2 is 0.943 bits per heavy atom. The average molecular weight is 836 g/mol. The molecule has 4 unspecified atom stereocenters. The van der Waals surface area contributed by atoms with E-state index in [1.165, 1.54) is 0 Å². The van der Waals surface area contributed by atoms with E-state index in [1.807, 2.05) is 0 Å². The van der Waals surface area contributed by atoms with Gasteiger partial charge in [-0.3, -0.25) is 18.2 Å². The number of aliphatic hydroxyl groups is 4. The topological polar surface area (TPSA) is 434 Å². The van der Waals surface area contributed by atoms with Crippen molar-refractivity contribution in [2.75, 3.05) is 24.7 Å². The Morgan fingerprint density at radius 1 is 0.585 bits per heavy atom. The van der Waals surface area contributed by atoms with Gasteiger partial charge in [-0.2, -0.15) is 12.9 Å². The van der Waals surface area contributed by atoms with E-state index in [1.54, 1.807) is 0 Å². The highest BCUT2D eigenvalue weighted by atomic mass is 31.3. The van der Waals surface area contributed by atoms with E-state index in [0.717, 1.165) is 34.4 Å². The zero-order valence-electron chi connectivity index (χ0n) is 25.9. The Kier molecular flexibility index (Phi) is 10.9. The fourth-order valence-electron chi connectivity index (χ4n) is 5.11. The lowest BCUT2D eigenvalue weighted by Crippen LogP contribution is -2.33. The summed E-state index contributed by atoms with van der Waals surface area (Å²) in [7, 11) is -23.9. The van der Waals surface area contributed by atoms with Crippen LogP contribution in [-0.2, 0) is 49.7 Å². The molecule has 2 aliphatic rings. The van der Waals surface area contributed by atoms with Crippen molar-refractivity contribution in [1.82, 2.24) is 39.0 Å². The highest BCUT2D eigenvalue weighted by Gasteiger charge is 2.50. The van der Waals surface area contributed by atoms with Gasteiger partial charge in [0.25, 0.3) is 0 Å². The number of anilines is 2. The summed E-state index contributed by atoms with van der Waals surface area (Å²) >= 11 is 0. The summed E-state index contributed by atoms with van der Waals surface area (Å²) < 4.78 is 83.4. The van der Waals surface area contributed by atoms with E-state index in [0.29, 0.717) is 0 Å². The number of imidazole rings is 2. The number of aliphatic hydroxyl groups excluding tert-OH is 4.